The molecular weight excluding hydrogens is 130 g/mol. The van der Waals surface area contributed by atoms with E-state index < -0.39 is 5.97 Å². The van der Waals surface area contributed by atoms with Gasteiger partial charge in [0.1, 0.15) is 0 Å². The summed E-state index contributed by atoms with van der Waals surface area (Å²) in [7, 11) is 0. The molecule has 0 heterocycles. The second-order valence-electron chi connectivity index (χ2n) is 2.62. The van der Waals surface area contributed by atoms with Gasteiger partial charge in [-0.15, -0.1) is 0 Å². The van der Waals surface area contributed by atoms with Crippen molar-refractivity contribution in [2.75, 3.05) is 0 Å². The molecule has 0 amide bonds. The summed E-state index contributed by atoms with van der Waals surface area (Å²) in [5.41, 5.74) is 5.46. The zero-order valence-corrected chi connectivity index (χ0v) is 6.34. The summed E-state index contributed by atoms with van der Waals surface area (Å²) in [5, 5.41) is 8.25. The van der Waals surface area contributed by atoms with E-state index in [0.29, 0.717) is 0 Å². The van der Waals surface area contributed by atoms with Crippen LogP contribution in [0.15, 0.2) is 0 Å². The van der Waals surface area contributed by atoms with E-state index in [2.05, 4.69) is 0 Å². The molecule has 0 rings (SSSR count). The van der Waals surface area contributed by atoms with E-state index in [4.69, 9.17) is 10.8 Å². The Morgan fingerprint density at radius 1 is 1.60 bits per heavy atom. The van der Waals surface area contributed by atoms with Crippen LogP contribution in [0.2, 0.25) is 0 Å². The van der Waals surface area contributed by atoms with Gasteiger partial charge < -0.3 is 10.8 Å². The number of carboxylic acids is 1. The fourth-order valence-electron chi connectivity index (χ4n) is 0.743. The molecule has 0 aliphatic heterocycles. The first-order chi connectivity index (χ1) is 4.63. The number of rotatable bonds is 5. The lowest BCUT2D eigenvalue weighted by molar-refractivity contribution is -0.137. The van der Waals surface area contributed by atoms with Gasteiger partial charge in [0.2, 0.25) is 0 Å². The van der Waals surface area contributed by atoms with Crippen LogP contribution in [0.3, 0.4) is 0 Å². The summed E-state index contributed by atoms with van der Waals surface area (Å²) in [5.74, 6) is -0.718. The van der Waals surface area contributed by atoms with Crippen LogP contribution in [0.25, 0.3) is 0 Å². The lowest BCUT2D eigenvalue weighted by Gasteiger charge is -2.01. The minimum absolute atomic E-state index is 0.203. The minimum Gasteiger partial charge on any atom is -0.481 e. The van der Waals surface area contributed by atoms with Crippen LogP contribution in [0, 0.1) is 0 Å². The number of nitrogens with two attached hydrogens (primary N) is 1. The van der Waals surface area contributed by atoms with Gasteiger partial charge in [-0.25, -0.2) is 0 Å². The minimum atomic E-state index is -0.718. The number of aliphatic carboxylic acids is 1. The number of unbranched alkanes of at least 4 members (excludes halogenated alkanes) is 1. The molecule has 1 unspecified atom stereocenters. The third kappa shape index (κ3) is 7.43. The van der Waals surface area contributed by atoms with E-state index >= 15 is 0 Å². The lowest BCUT2D eigenvalue weighted by Crippen LogP contribution is -2.14. The number of carboxylic acid groups (broad SMARTS) is 1. The van der Waals surface area contributed by atoms with E-state index in [0.717, 1.165) is 19.3 Å². The quantitative estimate of drug-likeness (QED) is 0.567. The third-order valence-corrected chi connectivity index (χ3v) is 1.30. The second-order valence-corrected chi connectivity index (χ2v) is 2.62. The molecule has 0 spiro atoms. The maximum absolute atomic E-state index is 10.0. The van der Waals surface area contributed by atoms with Crippen molar-refractivity contribution in [3.63, 3.8) is 0 Å². The van der Waals surface area contributed by atoms with E-state index in [-0.39, 0.29) is 12.5 Å². The average molecular weight is 145 g/mol. The third-order valence-electron chi connectivity index (χ3n) is 1.30. The maximum Gasteiger partial charge on any atom is 0.303 e. The Balaban J connectivity index is 2.98. The van der Waals surface area contributed by atoms with Crippen molar-refractivity contribution < 1.29 is 9.90 Å². The van der Waals surface area contributed by atoms with Crippen LogP contribution in [0.1, 0.15) is 32.6 Å². The highest BCUT2D eigenvalue weighted by Gasteiger charge is 1.97. The maximum atomic E-state index is 10.0. The monoisotopic (exact) mass is 145 g/mol. The molecule has 0 aliphatic carbocycles. The fourth-order valence-corrected chi connectivity index (χ4v) is 0.743. The van der Waals surface area contributed by atoms with Gasteiger partial charge in [0.25, 0.3) is 0 Å². The van der Waals surface area contributed by atoms with Gasteiger partial charge in [-0.2, -0.15) is 0 Å². The molecule has 0 saturated carbocycles. The largest absolute Gasteiger partial charge is 0.481 e. The smallest absolute Gasteiger partial charge is 0.303 e. The average Bonchev–Trinajstić information content (AvgIpc) is 1.79. The molecule has 3 heteroatoms. The van der Waals surface area contributed by atoms with E-state index in [9.17, 15) is 4.79 Å². The van der Waals surface area contributed by atoms with Crippen molar-refractivity contribution in [3.05, 3.63) is 0 Å². The first kappa shape index (κ1) is 9.43. The van der Waals surface area contributed by atoms with Gasteiger partial charge in [-0.3, -0.25) is 4.79 Å². The highest BCUT2D eigenvalue weighted by atomic mass is 16.4. The highest BCUT2D eigenvalue weighted by Crippen LogP contribution is 2.01. The molecule has 0 radical (unpaired) electrons. The summed E-state index contributed by atoms with van der Waals surface area (Å²) < 4.78 is 0. The molecule has 0 aromatic carbocycles. The van der Waals surface area contributed by atoms with Crippen LogP contribution in [-0.2, 0) is 4.79 Å². The molecule has 0 saturated heterocycles. The molecule has 0 fully saturated rings. The van der Waals surface area contributed by atoms with Crippen LogP contribution in [0.4, 0.5) is 0 Å². The van der Waals surface area contributed by atoms with Crippen LogP contribution < -0.4 is 5.73 Å². The molecule has 3 nitrogen and oxygen atoms in total. The SMILES string of the molecule is CC(N)CCCCC(=O)O. The molecule has 60 valence electrons. The van der Waals surface area contributed by atoms with Gasteiger partial charge >= 0.3 is 5.97 Å². The Bertz CT molecular complexity index is 102. The van der Waals surface area contributed by atoms with Crippen molar-refractivity contribution in [2.24, 2.45) is 5.73 Å². The molecule has 1 atom stereocenters. The Morgan fingerprint density at radius 3 is 2.60 bits per heavy atom. The van der Waals surface area contributed by atoms with Crippen molar-refractivity contribution in [2.45, 2.75) is 38.6 Å². The highest BCUT2D eigenvalue weighted by molar-refractivity contribution is 5.66. The zero-order valence-electron chi connectivity index (χ0n) is 6.34. The fraction of sp³-hybridized carbons (Fsp3) is 0.857. The van der Waals surface area contributed by atoms with Gasteiger partial charge in [-0.1, -0.05) is 6.42 Å². The summed E-state index contributed by atoms with van der Waals surface area (Å²) in [6.07, 6.45) is 2.86. The lowest BCUT2D eigenvalue weighted by atomic mass is 10.1. The molecule has 0 aliphatic rings. The predicted molar refractivity (Wildman–Crippen MR) is 39.8 cm³/mol. The van der Waals surface area contributed by atoms with Gasteiger partial charge in [-0.05, 0) is 19.8 Å². The van der Waals surface area contributed by atoms with Gasteiger partial charge in [0.05, 0.1) is 0 Å². The first-order valence-electron chi connectivity index (χ1n) is 3.60. The van der Waals surface area contributed by atoms with Gasteiger partial charge in [0, 0.05) is 12.5 Å². The Kier molecular flexibility index (Phi) is 4.94. The Hall–Kier alpha value is -0.570. The molecule has 3 N–H and O–H groups in total. The molecule has 0 aromatic rings. The Labute approximate surface area is 61.2 Å². The van der Waals surface area contributed by atoms with Crippen molar-refractivity contribution in [1.29, 1.82) is 0 Å². The Morgan fingerprint density at radius 2 is 2.20 bits per heavy atom. The predicted octanol–water partition coefficient (Wildman–Crippen LogP) is 0.979. The van der Waals surface area contributed by atoms with E-state index in [1.165, 1.54) is 0 Å². The normalized spacial score (nSPS) is 13.0. The number of hydrogen-bond acceptors (Lipinski definition) is 2. The molecule has 10 heavy (non-hydrogen) atoms. The molecule has 0 bridgehead atoms. The summed E-state index contributed by atoms with van der Waals surface area (Å²) in [4.78, 5) is 10.0. The van der Waals surface area contributed by atoms with E-state index in [1.807, 2.05) is 6.92 Å². The van der Waals surface area contributed by atoms with Crippen LogP contribution in [-0.4, -0.2) is 17.1 Å². The number of carbonyl (C=O) groups is 1. The number of hydrogen-bond donors (Lipinski definition) is 2. The van der Waals surface area contributed by atoms with Gasteiger partial charge in [0.15, 0.2) is 0 Å². The summed E-state index contributed by atoms with van der Waals surface area (Å²) >= 11 is 0. The van der Waals surface area contributed by atoms with Crippen LogP contribution >= 0.6 is 0 Å². The standard InChI is InChI=1S/C7H15NO2/c1-6(8)4-2-3-5-7(9)10/h6H,2-5,8H2,1H3,(H,9,10). The van der Waals surface area contributed by atoms with Crippen molar-refractivity contribution >= 4 is 5.97 Å². The summed E-state index contributed by atoms with van der Waals surface area (Å²) in [6.45, 7) is 1.93. The van der Waals surface area contributed by atoms with Crippen LogP contribution in [0.5, 0.6) is 0 Å². The second kappa shape index (κ2) is 5.23. The first-order valence-corrected chi connectivity index (χ1v) is 3.60. The topological polar surface area (TPSA) is 63.3 Å². The van der Waals surface area contributed by atoms with E-state index in [1.54, 1.807) is 0 Å². The van der Waals surface area contributed by atoms with Crippen molar-refractivity contribution in [3.8, 4) is 0 Å². The summed E-state index contributed by atoms with van der Waals surface area (Å²) in [6, 6.07) is 0.203. The zero-order chi connectivity index (χ0) is 7.98. The van der Waals surface area contributed by atoms with Crippen molar-refractivity contribution in [1.82, 2.24) is 0 Å². The molecular formula is C7H15NO2. The molecule has 0 aromatic heterocycles.